The molecular weight excluding hydrogens is 462 g/mol. The van der Waals surface area contributed by atoms with Crippen molar-refractivity contribution in [3.63, 3.8) is 0 Å². The topological polar surface area (TPSA) is 95.6 Å². The number of nitrogens with one attached hydrogen (secondary N) is 2. The number of nitrogens with zero attached hydrogens (tertiary/aromatic N) is 1. The van der Waals surface area contributed by atoms with Crippen LogP contribution in [0.15, 0.2) is 77.7 Å². The zero-order valence-corrected chi connectivity index (χ0v) is 19.8. The Hall–Kier alpha value is -3.36. The number of carbonyl (C=O) groups excluding carboxylic acids is 2. The molecule has 0 saturated heterocycles. The van der Waals surface area contributed by atoms with E-state index in [9.17, 15) is 18.0 Å². The summed E-state index contributed by atoms with van der Waals surface area (Å²) in [5.74, 6) is -0.626. The van der Waals surface area contributed by atoms with Gasteiger partial charge in [-0.3, -0.25) is 14.3 Å². The average Bonchev–Trinajstić information content (AvgIpc) is 2.80. The number of amides is 2. The predicted octanol–water partition coefficient (Wildman–Crippen LogP) is 4.88. The molecule has 0 aliphatic rings. The summed E-state index contributed by atoms with van der Waals surface area (Å²) in [6.07, 6.45) is 0. The lowest BCUT2D eigenvalue weighted by Gasteiger charge is -2.19. The first-order chi connectivity index (χ1) is 15.7. The van der Waals surface area contributed by atoms with Crippen molar-refractivity contribution in [3.8, 4) is 0 Å². The van der Waals surface area contributed by atoms with Gasteiger partial charge >= 0.3 is 0 Å². The van der Waals surface area contributed by atoms with E-state index in [2.05, 4.69) is 10.0 Å². The van der Waals surface area contributed by atoms with E-state index in [-0.39, 0.29) is 16.4 Å². The van der Waals surface area contributed by atoms with Gasteiger partial charge in [0.15, 0.2) is 0 Å². The molecule has 3 aromatic rings. The molecule has 0 fully saturated rings. The van der Waals surface area contributed by atoms with Crippen molar-refractivity contribution in [2.75, 3.05) is 23.1 Å². The standard InChI is InChI=1S/C24H24ClN3O4S/c1-3-28(4-2)24(30)18-9-5-11-20(14-18)26-23(29)17-8-6-13-22(15-17)33(31,32)27-21-12-7-10-19(25)16-21/h5-16,27H,3-4H2,1-2H3,(H,26,29). The van der Waals surface area contributed by atoms with E-state index >= 15 is 0 Å². The van der Waals surface area contributed by atoms with Crippen molar-refractivity contribution in [2.45, 2.75) is 18.7 Å². The van der Waals surface area contributed by atoms with Crippen LogP contribution < -0.4 is 10.0 Å². The van der Waals surface area contributed by atoms with Crippen LogP contribution in [-0.2, 0) is 10.0 Å². The molecule has 7 nitrogen and oxygen atoms in total. The van der Waals surface area contributed by atoms with Gasteiger partial charge in [-0.25, -0.2) is 8.42 Å². The summed E-state index contributed by atoms with van der Waals surface area (Å²) in [6.45, 7) is 4.96. The van der Waals surface area contributed by atoms with Crippen LogP contribution in [0.2, 0.25) is 5.02 Å². The van der Waals surface area contributed by atoms with Crippen LogP contribution in [0.1, 0.15) is 34.6 Å². The van der Waals surface area contributed by atoms with Crippen molar-refractivity contribution < 1.29 is 18.0 Å². The van der Waals surface area contributed by atoms with E-state index in [1.54, 1.807) is 47.4 Å². The second-order valence-corrected chi connectivity index (χ2v) is 9.27. The Kier molecular flexibility index (Phi) is 7.73. The van der Waals surface area contributed by atoms with Crippen LogP contribution in [0.3, 0.4) is 0 Å². The van der Waals surface area contributed by atoms with Gasteiger partial charge in [0.05, 0.1) is 10.6 Å². The van der Waals surface area contributed by atoms with Gasteiger partial charge in [0, 0.05) is 34.9 Å². The van der Waals surface area contributed by atoms with Crippen molar-refractivity contribution in [3.05, 3.63) is 88.9 Å². The smallest absolute Gasteiger partial charge is 0.261 e. The van der Waals surface area contributed by atoms with Crippen molar-refractivity contribution in [2.24, 2.45) is 0 Å². The highest BCUT2D eigenvalue weighted by molar-refractivity contribution is 7.92. The van der Waals surface area contributed by atoms with Gasteiger partial charge in [-0.05, 0) is 68.4 Å². The number of benzene rings is 3. The number of halogens is 1. The molecule has 3 aromatic carbocycles. The molecule has 0 heterocycles. The molecule has 0 aromatic heterocycles. The molecule has 0 spiro atoms. The summed E-state index contributed by atoms with van der Waals surface area (Å²) in [6, 6.07) is 18.6. The summed E-state index contributed by atoms with van der Waals surface area (Å²) < 4.78 is 28.0. The zero-order chi connectivity index (χ0) is 24.0. The third kappa shape index (κ3) is 6.12. The molecule has 3 rings (SSSR count). The minimum absolute atomic E-state index is 0.0689. The van der Waals surface area contributed by atoms with Crippen molar-refractivity contribution >= 4 is 44.8 Å². The first-order valence-electron chi connectivity index (χ1n) is 10.3. The Morgan fingerprint density at radius 2 is 1.48 bits per heavy atom. The van der Waals surface area contributed by atoms with Crippen LogP contribution in [-0.4, -0.2) is 38.2 Å². The number of hydrogen-bond donors (Lipinski definition) is 2. The highest BCUT2D eigenvalue weighted by Gasteiger charge is 2.18. The maximum Gasteiger partial charge on any atom is 0.261 e. The summed E-state index contributed by atoms with van der Waals surface area (Å²) >= 11 is 5.92. The molecule has 0 bridgehead atoms. The third-order valence-corrected chi connectivity index (χ3v) is 6.52. The van der Waals surface area contributed by atoms with Crippen LogP contribution in [0, 0.1) is 0 Å². The van der Waals surface area contributed by atoms with E-state index in [1.165, 1.54) is 30.3 Å². The fourth-order valence-corrected chi connectivity index (χ4v) is 4.48. The van der Waals surface area contributed by atoms with Gasteiger partial charge in [-0.15, -0.1) is 0 Å². The number of anilines is 2. The SMILES string of the molecule is CCN(CC)C(=O)c1cccc(NC(=O)c2cccc(S(=O)(=O)Nc3cccc(Cl)c3)c2)c1. The number of rotatable bonds is 8. The van der Waals surface area contributed by atoms with Gasteiger partial charge in [0.2, 0.25) is 0 Å². The summed E-state index contributed by atoms with van der Waals surface area (Å²) in [4.78, 5) is 27.0. The van der Waals surface area contributed by atoms with Crippen molar-refractivity contribution in [1.82, 2.24) is 4.90 Å². The average molecular weight is 486 g/mol. The molecule has 0 aliphatic heterocycles. The molecule has 0 atom stereocenters. The van der Waals surface area contributed by atoms with Gasteiger partial charge in [0.1, 0.15) is 0 Å². The largest absolute Gasteiger partial charge is 0.339 e. The van der Waals surface area contributed by atoms with Gasteiger partial charge in [0.25, 0.3) is 21.8 Å². The molecule has 0 radical (unpaired) electrons. The summed E-state index contributed by atoms with van der Waals surface area (Å²) in [5, 5.41) is 3.12. The Labute approximate surface area is 198 Å². The van der Waals surface area contributed by atoms with E-state index in [0.717, 1.165) is 0 Å². The number of sulfonamides is 1. The third-order valence-electron chi connectivity index (χ3n) is 4.90. The number of carbonyl (C=O) groups is 2. The highest BCUT2D eigenvalue weighted by Crippen LogP contribution is 2.21. The lowest BCUT2D eigenvalue weighted by atomic mass is 10.1. The molecule has 0 aliphatic carbocycles. The monoisotopic (exact) mass is 485 g/mol. The summed E-state index contributed by atoms with van der Waals surface area (Å²) in [7, 11) is -3.93. The molecule has 9 heteroatoms. The quantitative estimate of drug-likeness (QED) is 0.475. The second-order valence-electron chi connectivity index (χ2n) is 7.16. The van der Waals surface area contributed by atoms with Crippen LogP contribution in [0.25, 0.3) is 0 Å². The molecule has 172 valence electrons. The van der Waals surface area contributed by atoms with Crippen LogP contribution in [0.5, 0.6) is 0 Å². The lowest BCUT2D eigenvalue weighted by Crippen LogP contribution is -2.30. The number of hydrogen-bond acceptors (Lipinski definition) is 4. The van der Waals surface area contributed by atoms with Gasteiger partial charge < -0.3 is 10.2 Å². The molecular formula is C24H24ClN3O4S. The Morgan fingerprint density at radius 3 is 2.18 bits per heavy atom. The fourth-order valence-electron chi connectivity index (χ4n) is 3.20. The second kappa shape index (κ2) is 10.5. The van der Waals surface area contributed by atoms with E-state index in [0.29, 0.717) is 35.1 Å². The molecule has 2 amide bonds. The van der Waals surface area contributed by atoms with Crippen LogP contribution >= 0.6 is 11.6 Å². The first kappa shape index (κ1) is 24.3. The van der Waals surface area contributed by atoms with Crippen LogP contribution in [0.4, 0.5) is 11.4 Å². The fraction of sp³-hybridized carbons (Fsp3) is 0.167. The molecule has 0 saturated carbocycles. The van der Waals surface area contributed by atoms with E-state index in [4.69, 9.17) is 11.6 Å². The highest BCUT2D eigenvalue weighted by atomic mass is 35.5. The Bertz CT molecular complexity index is 1270. The maximum absolute atomic E-state index is 12.8. The summed E-state index contributed by atoms with van der Waals surface area (Å²) in [5.41, 5.74) is 1.36. The van der Waals surface area contributed by atoms with Gasteiger partial charge in [-0.2, -0.15) is 0 Å². The Balaban J connectivity index is 1.79. The predicted molar refractivity (Wildman–Crippen MR) is 130 cm³/mol. The zero-order valence-electron chi connectivity index (χ0n) is 18.2. The van der Waals surface area contributed by atoms with Crippen molar-refractivity contribution in [1.29, 1.82) is 0 Å². The van der Waals surface area contributed by atoms with E-state index in [1.807, 2.05) is 13.8 Å². The normalized spacial score (nSPS) is 11.0. The Morgan fingerprint density at radius 1 is 0.848 bits per heavy atom. The first-order valence-corrected chi connectivity index (χ1v) is 12.2. The maximum atomic E-state index is 12.8. The minimum atomic E-state index is -3.93. The molecule has 0 unspecified atom stereocenters. The molecule has 2 N–H and O–H groups in total. The lowest BCUT2D eigenvalue weighted by molar-refractivity contribution is 0.0772. The van der Waals surface area contributed by atoms with E-state index < -0.39 is 15.9 Å². The minimum Gasteiger partial charge on any atom is -0.339 e. The van der Waals surface area contributed by atoms with Gasteiger partial charge in [-0.1, -0.05) is 29.8 Å². The molecule has 33 heavy (non-hydrogen) atoms.